The number of methoxy groups -OCH3 is 1. The van der Waals surface area contributed by atoms with Crippen LogP contribution < -0.4 is 10.5 Å². The van der Waals surface area contributed by atoms with Gasteiger partial charge in [-0.25, -0.2) is 0 Å². The minimum absolute atomic E-state index is 0.291. The van der Waals surface area contributed by atoms with Crippen molar-refractivity contribution >= 4 is 0 Å². The molecule has 0 aliphatic carbocycles. The molecule has 0 saturated carbocycles. The molecule has 0 aromatic heterocycles. The van der Waals surface area contributed by atoms with E-state index in [1.807, 2.05) is 26.8 Å². The Morgan fingerprint density at radius 1 is 1.14 bits per heavy atom. The van der Waals surface area contributed by atoms with Gasteiger partial charge in [0, 0.05) is 5.54 Å². The Labute approximate surface area is 86.1 Å². The molecule has 14 heavy (non-hydrogen) atoms. The van der Waals surface area contributed by atoms with E-state index < -0.39 is 0 Å². The lowest BCUT2D eigenvalue weighted by Gasteiger charge is -2.23. The van der Waals surface area contributed by atoms with Crippen LogP contribution in [0.3, 0.4) is 0 Å². The average molecular weight is 193 g/mol. The molecule has 0 amide bonds. The van der Waals surface area contributed by atoms with E-state index in [9.17, 15) is 0 Å². The summed E-state index contributed by atoms with van der Waals surface area (Å²) >= 11 is 0. The summed E-state index contributed by atoms with van der Waals surface area (Å²) < 4.78 is 5.25. The number of hydrogen-bond donors (Lipinski definition) is 1. The smallest absolute Gasteiger partial charge is 0.122 e. The van der Waals surface area contributed by atoms with E-state index in [0.717, 1.165) is 11.3 Å². The van der Waals surface area contributed by atoms with Gasteiger partial charge in [-0.05, 0) is 50.5 Å². The Morgan fingerprint density at radius 2 is 1.71 bits per heavy atom. The van der Waals surface area contributed by atoms with E-state index in [1.54, 1.807) is 7.11 Å². The van der Waals surface area contributed by atoms with Crippen LogP contribution >= 0.6 is 0 Å². The molecule has 0 spiro atoms. The molecule has 2 heteroatoms. The molecule has 0 heterocycles. The fraction of sp³-hybridized carbons (Fsp3) is 0.500. The molecule has 0 atom stereocenters. The highest BCUT2D eigenvalue weighted by molar-refractivity contribution is 5.43. The number of aryl methyl sites for hydroxylation is 2. The Kier molecular flexibility index (Phi) is 2.86. The van der Waals surface area contributed by atoms with Crippen molar-refractivity contribution in [2.24, 2.45) is 5.73 Å². The molecule has 1 aromatic carbocycles. The molecule has 1 aromatic rings. The van der Waals surface area contributed by atoms with Crippen LogP contribution in [0, 0.1) is 13.8 Å². The second-order valence-corrected chi connectivity index (χ2v) is 4.36. The van der Waals surface area contributed by atoms with Crippen molar-refractivity contribution in [3.05, 3.63) is 28.8 Å². The Hall–Kier alpha value is -1.02. The minimum atomic E-state index is -0.291. The van der Waals surface area contributed by atoms with Gasteiger partial charge in [-0.15, -0.1) is 0 Å². The molecule has 0 bridgehead atoms. The van der Waals surface area contributed by atoms with Crippen molar-refractivity contribution in [3.8, 4) is 5.75 Å². The molecule has 1 rings (SSSR count). The van der Waals surface area contributed by atoms with Crippen LogP contribution in [0.4, 0.5) is 0 Å². The highest BCUT2D eigenvalue weighted by atomic mass is 16.5. The molecule has 0 fully saturated rings. The van der Waals surface area contributed by atoms with Crippen molar-refractivity contribution in [2.75, 3.05) is 7.11 Å². The summed E-state index contributed by atoms with van der Waals surface area (Å²) in [6, 6.07) is 4.15. The molecule has 78 valence electrons. The van der Waals surface area contributed by atoms with Crippen LogP contribution in [0.15, 0.2) is 12.1 Å². The summed E-state index contributed by atoms with van der Waals surface area (Å²) in [5.41, 5.74) is 9.27. The minimum Gasteiger partial charge on any atom is -0.496 e. The lowest BCUT2D eigenvalue weighted by Crippen LogP contribution is -2.29. The van der Waals surface area contributed by atoms with E-state index in [-0.39, 0.29) is 5.54 Å². The Morgan fingerprint density at radius 3 is 2.14 bits per heavy atom. The predicted molar refractivity (Wildman–Crippen MR) is 59.7 cm³/mol. The van der Waals surface area contributed by atoms with Gasteiger partial charge in [-0.3, -0.25) is 0 Å². The van der Waals surface area contributed by atoms with E-state index in [0.29, 0.717) is 0 Å². The molecule has 0 aliphatic rings. The fourth-order valence-corrected chi connectivity index (χ4v) is 1.70. The normalized spacial score (nSPS) is 11.6. The molecule has 0 aliphatic heterocycles. The number of rotatable bonds is 2. The lowest BCUT2D eigenvalue weighted by molar-refractivity contribution is 0.410. The molecule has 2 nitrogen and oxygen atoms in total. The summed E-state index contributed by atoms with van der Waals surface area (Å²) in [6.07, 6.45) is 0. The van der Waals surface area contributed by atoms with E-state index >= 15 is 0 Å². The van der Waals surface area contributed by atoms with Crippen LogP contribution in [0.1, 0.15) is 30.5 Å². The zero-order valence-corrected chi connectivity index (χ0v) is 9.64. The standard InChI is InChI=1S/C12H19NO/c1-8-7-11(14-5)9(2)6-10(8)12(3,4)13/h6-7H,13H2,1-5H3. The average Bonchev–Trinajstić information content (AvgIpc) is 2.06. The summed E-state index contributed by atoms with van der Waals surface area (Å²) in [4.78, 5) is 0. The molecule has 0 unspecified atom stereocenters. The maximum atomic E-state index is 6.08. The van der Waals surface area contributed by atoms with Crippen molar-refractivity contribution in [3.63, 3.8) is 0 Å². The second kappa shape index (κ2) is 3.62. The third kappa shape index (κ3) is 2.07. The summed E-state index contributed by atoms with van der Waals surface area (Å²) in [5.74, 6) is 0.926. The molecular formula is C12H19NO. The second-order valence-electron chi connectivity index (χ2n) is 4.36. The van der Waals surface area contributed by atoms with E-state index in [2.05, 4.69) is 13.0 Å². The number of ether oxygens (including phenoxy) is 1. The first-order valence-corrected chi connectivity index (χ1v) is 4.81. The van der Waals surface area contributed by atoms with Gasteiger partial charge in [0.25, 0.3) is 0 Å². The van der Waals surface area contributed by atoms with Crippen molar-refractivity contribution < 1.29 is 4.74 Å². The van der Waals surface area contributed by atoms with Gasteiger partial charge in [0.05, 0.1) is 7.11 Å². The number of nitrogens with two attached hydrogens (primary N) is 1. The zero-order valence-electron chi connectivity index (χ0n) is 9.64. The third-order valence-corrected chi connectivity index (χ3v) is 2.44. The van der Waals surface area contributed by atoms with Crippen molar-refractivity contribution in [1.82, 2.24) is 0 Å². The van der Waals surface area contributed by atoms with Gasteiger partial charge in [0.15, 0.2) is 0 Å². The lowest BCUT2D eigenvalue weighted by atomic mass is 9.90. The van der Waals surface area contributed by atoms with Gasteiger partial charge in [-0.2, -0.15) is 0 Å². The first-order valence-electron chi connectivity index (χ1n) is 4.81. The first kappa shape index (κ1) is 11.1. The zero-order chi connectivity index (χ0) is 10.9. The highest BCUT2D eigenvalue weighted by Crippen LogP contribution is 2.28. The van der Waals surface area contributed by atoms with Gasteiger partial charge in [0.1, 0.15) is 5.75 Å². The number of hydrogen-bond acceptors (Lipinski definition) is 2. The van der Waals surface area contributed by atoms with Gasteiger partial charge >= 0.3 is 0 Å². The van der Waals surface area contributed by atoms with Crippen LogP contribution in [0.2, 0.25) is 0 Å². The summed E-state index contributed by atoms with van der Waals surface area (Å²) in [5, 5.41) is 0. The maximum absolute atomic E-state index is 6.08. The summed E-state index contributed by atoms with van der Waals surface area (Å²) in [7, 11) is 1.69. The van der Waals surface area contributed by atoms with E-state index in [1.165, 1.54) is 11.1 Å². The largest absolute Gasteiger partial charge is 0.496 e. The highest BCUT2D eigenvalue weighted by Gasteiger charge is 2.17. The maximum Gasteiger partial charge on any atom is 0.122 e. The van der Waals surface area contributed by atoms with Crippen molar-refractivity contribution in [2.45, 2.75) is 33.2 Å². The van der Waals surface area contributed by atoms with Crippen LogP contribution in [0.5, 0.6) is 5.75 Å². The third-order valence-electron chi connectivity index (χ3n) is 2.44. The van der Waals surface area contributed by atoms with Crippen LogP contribution in [-0.2, 0) is 5.54 Å². The van der Waals surface area contributed by atoms with Gasteiger partial charge in [0.2, 0.25) is 0 Å². The quantitative estimate of drug-likeness (QED) is 0.783. The molecule has 0 saturated heterocycles. The van der Waals surface area contributed by atoms with Crippen LogP contribution in [0.25, 0.3) is 0 Å². The number of benzene rings is 1. The van der Waals surface area contributed by atoms with E-state index in [4.69, 9.17) is 10.5 Å². The summed E-state index contributed by atoms with van der Waals surface area (Å²) in [6.45, 7) is 8.13. The monoisotopic (exact) mass is 193 g/mol. The Balaban J connectivity index is 3.29. The van der Waals surface area contributed by atoms with Gasteiger partial charge < -0.3 is 10.5 Å². The van der Waals surface area contributed by atoms with Crippen molar-refractivity contribution in [1.29, 1.82) is 0 Å². The molecule has 0 radical (unpaired) electrons. The first-order chi connectivity index (χ1) is 6.36. The molecular weight excluding hydrogens is 174 g/mol. The SMILES string of the molecule is COc1cc(C)c(C(C)(C)N)cc1C. The Bertz CT molecular complexity index is 337. The predicted octanol–water partition coefficient (Wildman–Crippen LogP) is 2.51. The van der Waals surface area contributed by atoms with Crippen LogP contribution in [-0.4, -0.2) is 7.11 Å². The fourth-order valence-electron chi connectivity index (χ4n) is 1.70. The molecule has 2 N–H and O–H groups in total. The van der Waals surface area contributed by atoms with Gasteiger partial charge in [-0.1, -0.05) is 6.07 Å². The topological polar surface area (TPSA) is 35.2 Å².